The Labute approximate surface area is 211 Å². The van der Waals surface area contributed by atoms with E-state index in [-0.39, 0.29) is 0 Å². The van der Waals surface area contributed by atoms with Gasteiger partial charge in [-0.1, -0.05) is 121 Å². The second kappa shape index (κ2) is 8.07. The number of rotatable bonds is 2. The second-order valence-electron chi connectivity index (χ2n) is 9.83. The van der Waals surface area contributed by atoms with Gasteiger partial charge in [-0.05, 0) is 90.3 Å². The maximum Gasteiger partial charge on any atom is -0.00200 e. The molecule has 0 radical (unpaired) electrons. The third kappa shape index (κ3) is 3.08. The molecule has 0 atom stereocenters. The summed E-state index contributed by atoms with van der Waals surface area (Å²) in [4.78, 5) is 0. The van der Waals surface area contributed by atoms with Crippen LogP contribution in [0.25, 0.3) is 65.3 Å². The Balaban J connectivity index is 1.74. The summed E-state index contributed by atoms with van der Waals surface area (Å²) in [6.45, 7) is 4.46. The summed E-state index contributed by atoms with van der Waals surface area (Å²) in [6, 6.07) is 44.6. The fourth-order valence-corrected chi connectivity index (χ4v) is 5.91. The van der Waals surface area contributed by atoms with Gasteiger partial charge in [-0.15, -0.1) is 0 Å². The quantitative estimate of drug-likeness (QED) is 0.226. The Kier molecular flexibility index (Phi) is 4.69. The third-order valence-corrected chi connectivity index (χ3v) is 7.76. The van der Waals surface area contributed by atoms with E-state index in [1.54, 1.807) is 0 Å². The molecule has 0 spiro atoms. The molecule has 0 saturated heterocycles. The van der Waals surface area contributed by atoms with Crippen LogP contribution in [0.4, 0.5) is 0 Å². The second-order valence-corrected chi connectivity index (χ2v) is 9.83. The molecule has 0 nitrogen and oxygen atoms in total. The Morgan fingerprint density at radius 2 is 0.694 bits per heavy atom. The maximum atomic E-state index is 2.41. The minimum Gasteiger partial charge on any atom is -0.0616 e. The number of hydrogen-bond donors (Lipinski definition) is 0. The lowest BCUT2D eigenvalue weighted by atomic mass is 9.82. The van der Waals surface area contributed by atoms with Crippen molar-refractivity contribution in [1.29, 1.82) is 0 Å². The zero-order valence-electron chi connectivity index (χ0n) is 20.5. The van der Waals surface area contributed by atoms with Crippen LogP contribution in [-0.4, -0.2) is 0 Å². The largest absolute Gasteiger partial charge is 0.0616 e. The van der Waals surface area contributed by atoms with Gasteiger partial charge in [-0.25, -0.2) is 0 Å². The SMILES string of the molecule is Cc1cc2c(-c3cccc4ccccc34)c3ccccc3c(-c3cccc4ccccc34)c2cc1C. The molecule has 0 bridgehead atoms. The van der Waals surface area contributed by atoms with Crippen LogP contribution in [0.3, 0.4) is 0 Å². The molecule has 0 aromatic heterocycles. The molecule has 0 aliphatic carbocycles. The average Bonchev–Trinajstić information content (AvgIpc) is 2.92. The van der Waals surface area contributed by atoms with Crippen molar-refractivity contribution < 1.29 is 0 Å². The highest BCUT2D eigenvalue weighted by Crippen LogP contribution is 2.47. The highest BCUT2D eigenvalue weighted by molar-refractivity contribution is 6.25. The topological polar surface area (TPSA) is 0 Å². The Morgan fingerprint density at radius 3 is 1.14 bits per heavy atom. The molecule has 7 aromatic rings. The van der Waals surface area contributed by atoms with Gasteiger partial charge in [0.05, 0.1) is 0 Å². The van der Waals surface area contributed by atoms with E-state index in [0.29, 0.717) is 0 Å². The van der Waals surface area contributed by atoms with Crippen molar-refractivity contribution >= 4 is 43.1 Å². The molecule has 0 amide bonds. The monoisotopic (exact) mass is 458 g/mol. The normalized spacial score (nSPS) is 11.6. The van der Waals surface area contributed by atoms with Gasteiger partial charge in [0, 0.05) is 0 Å². The van der Waals surface area contributed by atoms with Crippen molar-refractivity contribution in [3.05, 3.63) is 132 Å². The van der Waals surface area contributed by atoms with E-state index in [9.17, 15) is 0 Å². The lowest BCUT2D eigenvalue weighted by molar-refractivity contribution is 1.37. The molecule has 0 aliphatic rings. The van der Waals surface area contributed by atoms with Crippen molar-refractivity contribution in [2.75, 3.05) is 0 Å². The molecule has 0 aliphatic heterocycles. The summed E-state index contributed by atoms with van der Waals surface area (Å²) in [5.41, 5.74) is 7.88. The molecular weight excluding hydrogens is 432 g/mol. The molecular formula is C36H26. The molecule has 7 aromatic carbocycles. The summed E-state index contributed by atoms with van der Waals surface area (Å²) < 4.78 is 0. The summed E-state index contributed by atoms with van der Waals surface area (Å²) >= 11 is 0. The van der Waals surface area contributed by atoms with Crippen LogP contribution in [0.5, 0.6) is 0 Å². The molecule has 0 unspecified atom stereocenters. The minimum atomic E-state index is 1.27. The van der Waals surface area contributed by atoms with Crippen molar-refractivity contribution in [2.45, 2.75) is 13.8 Å². The summed E-state index contributed by atoms with van der Waals surface area (Å²) in [5, 5.41) is 10.4. The van der Waals surface area contributed by atoms with Crippen molar-refractivity contribution in [3.8, 4) is 22.3 Å². The van der Waals surface area contributed by atoms with E-state index < -0.39 is 0 Å². The molecule has 0 N–H and O–H groups in total. The van der Waals surface area contributed by atoms with Crippen LogP contribution in [0.15, 0.2) is 121 Å². The number of aryl methyl sites for hydroxylation is 2. The van der Waals surface area contributed by atoms with Crippen LogP contribution < -0.4 is 0 Å². The first-order valence-corrected chi connectivity index (χ1v) is 12.6. The zero-order valence-corrected chi connectivity index (χ0v) is 20.5. The molecule has 0 heterocycles. The fourth-order valence-electron chi connectivity index (χ4n) is 5.91. The lowest BCUT2D eigenvalue weighted by Crippen LogP contribution is -1.94. The number of benzene rings is 7. The summed E-state index contributed by atoms with van der Waals surface area (Å²) in [5.74, 6) is 0. The highest BCUT2D eigenvalue weighted by atomic mass is 14.2. The van der Waals surface area contributed by atoms with Gasteiger partial charge in [-0.3, -0.25) is 0 Å². The predicted molar refractivity (Wildman–Crippen MR) is 157 cm³/mol. The van der Waals surface area contributed by atoms with Crippen LogP contribution >= 0.6 is 0 Å². The average molecular weight is 459 g/mol. The minimum absolute atomic E-state index is 1.27. The molecule has 0 fully saturated rings. The van der Waals surface area contributed by atoms with Crippen LogP contribution in [0.2, 0.25) is 0 Å². The van der Waals surface area contributed by atoms with Crippen LogP contribution in [-0.2, 0) is 0 Å². The Bertz CT molecular complexity index is 1800. The van der Waals surface area contributed by atoms with Gasteiger partial charge in [-0.2, -0.15) is 0 Å². The summed E-state index contributed by atoms with van der Waals surface area (Å²) in [7, 11) is 0. The first kappa shape index (κ1) is 20.9. The third-order valence-electron chi connectivity index (χ3n) is 7.76. The molecule has 0 heteroatoms. The first-order chi connectivity index (χ1) is 17.7. The lowest BCUT2D eigenvalue weighted by Gasteiger charge is -2.21. The van der Waals surface area contributed by atoms with Gasteiger partial charge in [0.25, 0.3) is 0 Å². The highest BCUT2D eigenvalue weighted by Gasteiger charge is 2.19. The van der Waals surface area contributed by atoms with Gasteiger partial charge in [0.2, 0.25) is 0 Å². The summed E-state index contributed by atoms with van der Waals surface area (Å²) in [6.07, 6.45) is 0. The molecule has 0 saturated carbocycles. The fraction of sp³-hybridized carbons (Fsp3) is 0.0556. The van der Waals surface area contributed by atoms with E-state index in [2.05, 4.69) is 135 Å². The Morgan fingerprint density at radius 1 is 0.333 bits per heavy atom. The smallest absolute Gasteiger partial charge is 0.00200 e. The van der Waals surface area contributed by atoms with Crippen LogP contribution in [0, 0.1) is 13.8 Å². The van der Waals surface area contributed by atoms with Crippen molar-refractivity contribution in [1.82, 2.24) is 0 Å². The number of hydrogen-bond acceptors (Lipinski definition) is 0. The van der Waals surface area contributed by atoms with Gasteiger partial charge >= 0.3 is 0 Å². The standard InChI is InChI=1S/C36H26/c1-23-21-33-34(22-24(23)2)36(30-20-10-14-26-12-4-6-16-28(26)30)32-18-8-7-17-31(32)35(33)29-19-9-13-25-11-3-5-15-27(25)29/h3-22H,1-2H3. The van der Waals surface area contributed by atoms with Crippen molar-refractivity contribution in [2.24, 2.45) is 0 Å². The van der Waals surface area contributed by atoms with E-state index in [0.717, 1.165) is 0 Å². The predicted octanol–water partition coefficient (Wildman–Crippen LogP) is 10.3. The van der Waals surface area contributed by atoms with Gasteiger partial charge < -0.3 is 0 Å². The number of fused-ring (bicyclic) bond motifs is 4. The van der Waals surface area contributed by atoms with Gasteiger partial charge in [0.15, 0.2) is 0 Å². The molecule has 170 valence electrons. The van der Waals surface area contributed by atoms with Crippen LogP contribution in [0.1, 0.15) is 11.1 Å². The van der Waals surface area contributed by atoms with E-state index >= 15 is 0 Å². The van der Waals surface area contributed by atoms with Crippen molar-refractivity contribution in [3.63, 3.8) is 0 Å². The molecule has 7 rings (SSSR count). The molecule has 36 heavy (non-hydrogen) atoms. The maximum absolute atomic E-state index is 2.41. The Hall–Kier alpha value is -4.42. The zero-order chi connectivity index (χ0) is 24.2. The van der Waals surface area contributed by atoms with E-state index in [1.165, 1.54) is 76.5 Å². The van der Waals surface area contributed by atoms with E-state index in [1.807, 2.05) is 0 Å². The van der Waals surface area contributed by atoms with Gasteiger partial charge in [0.1, 0.15) is 0 Å². The van der Waals surface area contributed by atoms with E-state index in [4.69, 9.17) is 0 Å². The first-order valence-electron chi connectivity index (χ1n) is 12.6.